The third-order valence-corrected chi connectivity index (χ3v) is 7.11. The van der Waals surface area contributed by atoms with Crippen molar-refractivity contribution < 1.29 is 14.7 Å². The van der Waals surface area contributed by atoms with Gasteiger partial charge in [-0.1, -0.05) is 11.6 Å². The van der Waals surface area contributed by atoms with Gasteiger partial charge in [-0.3, -0.25) is 18.7 Å². The Bertz CT molecular complexity index is 1320. The van der Waals surface area contributed by atoms with Crippen LogP contribution in [0.3, 0.4) is 0 Å². The zero-order chi connectivity index (χ0) is 26.1. The first-order valence-electron chi connectivity index (χ1n) is 12.4. The van der Waals surface area contributed by atoms with E-state index in [1.807, 2.05) is 24.5 Å². The predicted octanol–water partition coefficient (Wildman–Crippen LogP) is 0.0339. The smallest absolute Gasteiger partial charge is 0.332 e. The summed E-state index contributed by atoms with van der Waals surface area (Å²) in [5, 5.41) is 12.7. The molecule has 36 heavy (non-hydrogen) atoms. The molecule has 2 N–H and O–H groups in total. The van der Waals surface area contributed by atoms with Crippen molar-refractivity contribution in [2.45, 2.75) is 58.2 Å². The van der Waals surface area contributed by atoms with Crippen LogP contribution in [-0.2, 0) is 30.2 Å². The van der Waals surface area contributed by atoms with Gasteiger partial charge in [-0.2, -0.15) is 4.98 Å². The zero-order valence-corrected chi connectivity index (χ0v) is 21.4. The Morgan fingerprint density at radius 3 is 2.53 bits per heavy atom. The van der Waals surface area contributed by atoms with Crippen LogP contribution in [0.25, 0.3) is 11.2 Å². The van der Waals surface area contributed by atoms with Gasteiger partial charge in [0.1, 0.15) is 6.04 Å². The van der Waals surface area contributed by atoms with Crippen molar-refractivity contribution in [2.24, 2.45) is 14.1 Å². The monoisotopic (exact) mass is 501 g/mol. The fraction of sp³-hybridized carbons (Fsp3) is 0.625. The first-order valence-corrected chi connectivity index (χ1v) is 12.4. The fourth-order valence-corrected chi connectivity index (χ4v) is 5.10. The molecule has 2 aliphatic heterocycles. The molecule has 2 aromatic rings. The molecule has 0 saturated carbocycles. The summed E-state index contributed by atoms with van der Waals surface area (Å²) in [6.07, 6.45) is 4.92. The van der Waals surface area contributed by atoms with Crippen molar-refractivity contribution in [3.05, 3.63) is 32.5 Å². The molecule has 4 heterocycles. The quantitative estimate of drug-likeness (QED) is 0.508. The number of nitrogens with zero attached hydrogens (tertiary/aromatic N) is 6. The summed E-state index contributed by atoms with van der Waals surface area (Å²) in [7, 11) is 3.08. The summed E-state index contributed by atoms with van der Waals surface area (Å²) in [5.41, 5.74) is 1.02. The third-order valence-electron chi connectivity index (χ3n) is 7.11. The molecule has 0 bridgehead atoms. The molecule has 2 aromatic heterocycles. The molecule has 1 amide bonds. The minimum absolute atomic E-state index is 0.00282. The lowest BCUT2D eigenvalue weighted by Crippen LogP contribution is -2.51. The summed E-state index contributed by atoms with van der Waals surface area (Å²) >= 11 is 0. The molecule has 12 nitrogen and oxygen atoms in total. The van der Waals surface area contributed by atoms with Crippen molar-refractivity contribution in [2.75, 3.05) is 31.1 Å². The highest BCUT2D eigenvalue weighted by Gasteiger charge is 2.34. The Morgan fingerprint density at radius 1 is 1.11 bits per heavy atom. The van der Waals surface area contributed by atoms with E-state index in [0.29, 0.717) is 49.6 Å². The predicted molar refractivity (Wildman–Crippen MR) is 135 cm³/mol. The van der Waals surface area contributed by atoms with E-state index in [1.54, 1.807) is 7.05 Å². The van der Waals surface area contributed by atoms with Crippen LogP contribution in [0, 0.1) is 0 Å². The van der Waals surface area contributed by atoms with Gasteiger partial charge in [-0.05, 0) is 39.5 Å². The second kappa shape index (κ2) is 10.3. The lowest BCUT2D eigenvalue weighted by atomic mass is 10.1. The number of carboxylic acid groups (broad SMARTS) is 1. The molecule has 2 aliphatic rings. The lowest BCUT2D eigenvalue weighted by Gasteiger charge is -2.34. The lowest BCUT2D eigenvalue weighted by molar-refractivity contribution is -0.147. The number of piperidine rings is 1. The molecule has 2 atom stereocenters. The van der Waals surface area contributed by atoms with Crippen LogP contribution in [0.2, 0.25) is 0 Å². The zero-order valence-electron chi connectivity index (χ0n) is 21.4. The van der Waals surface area contributed by atoms with E-state index in [2.05, 4.69) is 10.2 Å². The third kappa shape index (κ3) is 4.81. The van der Waals surface area contributed by atoms with Gasteiger partial charge < -0.3 is 24.8 Å². The Kier molecular flexibility index (Phi) is 7.34. The number of fused-ring (bicyclic) bond motifs is 1. The number of rotatable bonds is 7. The molecule has 0 aliphatic carbocycles. The van der Waals surface area contributed by atoms with Crippen molar-refractivity contribution in [1.82, 2.24) is 28.9 Å². The number of hydrogen-bond donors (Lipinski definition) is 2. The highest BCUT2D eigenvalue weighted by Crippen LogP contribution is 2.24. The Balaban J connectivity index is 1.58. The number of likely N-dealkylation sites (tertiary alicyclic amines) is 1. The van der Waals surface area contributed by atoms with Crippen LogP contribution in [0.4, 0.5) is 5.95 Å². The summed E-state index contributed by atoms with van der Waals surface area (Å²) < 4.78 is 4.35. The van der Waals surface area contributed by atoms with Gasteiger partial charge in [-0.15, -0.1) is 0 Å². The van der Waals surface area contributed by atoms with Gasteiger partial charge >= 0.3 is 11.7 Å². The Labute approximate surface area is 208 Å². The largest absolute Gasteiger partial charge is 0.480 e. The van der Waals surface area contributed by atoms with E-state index < -0.39 is 17.7 Å². The first-order chi connectivity index (χ1) is 17.1. The maximum Gasteiger partial charge on any atom is 0.332 e. The molecule has 4 rings (SSSR count). The van der Waals surface area contributed by atoms with E-state index >= 15 is 0 Å². The molecule has 2 unspecified atom stereocenters. The van der Waals surface area contributed by atoms with E-state index in [1.165, 1.54) is 16.5 Å². The first kappa shape index (κ1) is 25.7. The van der Waals surface area contributed by atoms with Crippen LogP contribution in [-0.4, -0.2) is 78.8 Å². The van der Waals surface area contributed by atoms with Crippen LogP contribution < -0.4 is 21.5 Å². The number of allylic oxidation sites excluding steroid dienone is 2. The number of aromatic nitrogens is 4. The molecule has 196 valence electrons. The number of aliphatic carboxylic acids is 1. The highest BCUT2D eigenvalue weighted by atomic mass is 16.4. The summed E-state index contributed by atoms with van der Waals surface area (Å²) in [6, 6.07) is -0.747. The molecule has 12 heteroatoms. The fourth-order valence-electron chi connectivity index (χ4n) is 5.10. The van der Waals surface area contributed by atoms with Crippen molar-refractivity contribution in [3.63, 3.8) is 0 Å². The number of amides is 1. The van der Waals surface area contributed by atoms with E-state index in [0.717, 1.165) is 29.5 Å². The average molecular weight is 502 g/mol. The SMILES string of the molecule is CC(C)=CCn1c(N2CCCC(NCC(=O)N3CCCC3C(=O)O)C2)nc2c1c(=O)n(C)c(=O)n2C. The van der Waals surface area contributed by atoms with E-state index in [4.69, 9.17) is 4.98 Å². The molecular formula is C24H35N7O5. The Morgan fingerprint density at radius 2 is 1.83 bits per heavy atom. The molecular weight excluding hydrogens is 466 g/mol. The van der Waals surface area contributed by atoms with Gasteiger partial charge in [0.15, 0.2) is 11.2 Å². The number of aryl methyl sites for hydroxylation is 1. The molecule has 0 spiro atoms. The number of hydrogen-bond acceptors (Lipinski definition) is 7. The van der Waals surface area contributed by atoms with Gasteiger partial charge in [0.25, 0.3) is 5.56 Å². The van der Waals surface area contributed by atoms with Crippen LogP contribution in [0.5, 0.6) is 0 Å². The normalized spacial score (nSPS) is 20.2. The minimum Gasteiger partial charge on any atom is -0.480 e. The standard InChI is InChI=1S/C24H35N7O5/c1-15(2)9-12-31-19-20(27(3)24(36)28(4)21(19)33)26-23(31)29-10-5-7-16(14-29)25-13-18(32)30-11-6-8-17(30)22(34)35/h9,16-17,25H,5-8,10-14H2,1-4H3,(H,34,35). The van der Waals surface area contributed by atoms with Crippen molar-refractivity contribution in [3.8, 4) is 0 Å². The second-order valence-corrected chi connectivity index (χ2v) is 9.93. The molecule has 0 radical (unpaired) electrons. The molecule has 2 fully saturated rings. The number of carboxylic acids is 1. The van der Waals surface area contributed by atoms with Gasteiger partial charge in [0.05, 0.1) is 6.54 Å². The summed E-state index contributed by atoms with van der Waals surface area (Å²) in [5.74, 6) is -0.545. The van der Waals surface area contributed by atoms with Crippen molar-refractivity contribution >= 4 is 29.0 Å². The van der Waals surface area contributed by atoms with E-state index in [-0.39, 0.29) is 24.1 Å². The number of carbonyl (C=O) groups is 2. The van der Waals surface area contributed by atoms with Crippen LogP contribution in [0.15, 0.2) is 21.2 Å². The van der Waals surface area contributed by atoms with Gasteiger partial charge in [0.2, 0.25) is 11.9 Å². The van der Waals surface area contributed by atoms with E-state index in [9.17, 15) is 24.3 Å². The molecule has 2 saturated heterocycles. The number of imidazole rings is 1. The van der Waals surface area contributed by atoms with Crippen molar-refractivity contribution in [1.29, 1.82) is 0 Å². The van der Waals surface area contributed by atoms with Crippen LogP contribution >= 0.6 is 0 Å². The topological polar surface area (TPSA) is 135 Å². The average Bonchev–Trinajstić information content (AvgIpc) is 3.49. The number of nitrogens with one attached hydrogen (secondary N) is 1. The summed E-state index contributed by atoms with van der Waals surface area (Å²) in [6.45, 7) is 6.26. The Hall–Kier alpha value is -3.41. The minimum atomic E-state index is -0.958. The highest BCUT2D eigenvalue weighted by molar-refractivity contribution is 5.85. The number of anilines is 1. The maximum absolute atomic E-state index is 13.1. The summed E-state index contributed by atoms with van der Waals surface area (Å²) in [4.78, 5) is 58.0. The van der Waals surface area contributed by atoms with Gasteiger partial charge in [0, 0.05) is 46.3 Å². The maximum atomic E-state index is 13.1. The number of carbonyl (C=O) groups excluding carboxylic acids is 1. The van der Waals surface area contributed by atoms with Gasteiger partial charge in [-0.25, -0.2) is 9.59 Å². The molecule has 0 aromatic carbocycles. The second-order valence-electron chi connectivity index (χ2n) is 9.93. The van der Waals surface area contributed by atoms with Crippen LogP contribution in [0.1, 0.15) is 39.5 Å².